The number of carbonyl (C=O) groups excluding carboxylic acids is 1. The Labute approximate surface area is 112 Å². The summed E-state index contributed by atoms with van der Waals surface area (Å²) in [4.78, 5) is 11.3. The number of hydrogen-bond acceptors (Lipinski definition) is 3. The van der Waals surface area contributed by atoms with Gasteiger partial charge in [-0.25, -0.2) is 4.79 Å². The van der Waals surface area contributed by atoms with Gasteiger partial charge in [0.25, 0.3) is 0 Å². The van der Waals surface area contributed by atoms with Crippen molar-refractivity contribution in [3.05, 3.63) is 42.0 Å². The Balaban J connectivity index is 0. The molecule has 4 heteroatoms. The van der Waals surface area contributed by atoms with Crippen LogP contribution in [0, 0.1) is 0 Å². The molecule has 0 aromatic heterocycles. The summed E-state index contributed by atoms with van der Waals surface area (Å²) in [7, 11) is 1.29. The zero-order valence-corrected chi connectivity index (χ0v) is 10.3. The van der Waals surface area contributed by atoms with Crippen LogP contribution < -0.4 is 0 Å². The van der Waals surface area contributed by atoms with E-state index in [2.05, 4.69) is 4.74 Å². The summed E-state index contributed by atoms with van der Waals surface area (Å²) >= 11 is 0. The minimum Gasteiger partial charge on any atom is -1.00 e. The Hall–Kier alpha value is -1.26. The molecule has 3 nitrogen and oxygen atoms in total. The van der Waals surface area contributed by atoms with Gasteiger partial charge in [0.1, 0.15) is 11.3 Å². The molecule has 0 fully saturated rings. The number of esters is 1. The Morgan fingerprint density at radius 1 is 1.25 bits per heavy atom. The van der Waals surface area contributed by atoms with Crippen molar-refractivity contribution < 1.29 is 17.5 Å². The van der Waals surface area contributed by atoms with Gasteiger partial charge >= 0.3 is 29.0 Å². The van der Waals surface area contributed by atoms with Crippen molar-refractivity contribution in [3.63, 3.8) is 0 Å². The average molecular weight is 229 g/mol. The van der Waals surface area contributed by atoms with E-state index in [-0.39, 0.29) is 37.2 Å². The van der Waals surface area contributed by atoms with Gasteiger partial charge < -0.3 is 12.7 Å². The van der Waals surface area contributed by atoms with Crippen LogP contribution in [-0.2, 0) is 4.74 Å². The van der Waals surface area contributed by atoms with Gasteiger partial charge in [0.15, 0.2) is 0 Å². The van der Waals surface area contributed by atoms with Crippen LogP contribution in [0.25, 0.3) is 10.8 Å². The third-order valence-corrected chi connectivity index (χ3v) is 2.27. The molecule has 0 amide bonds. The summed E-state index contributed by atoms with van der Waals surface area (Å²) in [6.45, 7) is 0. The zero-order chi connectivity index (χ0) is 10.8. The van der Waals surface area contributed by atoms with Crippen LogP contribution in [0.3, 0.4) is 0 Å². The molecule has 0 aliphatic carbocycles. The molecule has 0 bridgehead atoms. The molecule has 80 valence electrons. The first-order valence-electron chi connectivity index (χ1n) is 4.52. The quantitative estimate of drug-likeness (QED) is 0.601. The molecule has 0 heterocycles. The van der Waals surface area contributed by atoms with Crippen LogP contribution >= 0.6 is 0 Å². The fourth-order valence-corrected chi connectivity index (χ4v) is 1.50. The van der Waals surface area contributed by atoms with E-state index in [1.54, 1.807) is 12.1 Å². The fourth-order valence-electron chi connectivity index (χ4n) is 1.50. The summed E-state index contributed by atoms with van der Waals surface area (Å²) in [6.07, 6.45) is 0. The smallest absolute Gasteiger partial charge is 1.00 e. The molecular formula is C12H12MgO3. The SMILES string of the molecule is COC(=O)c1cc2ccccc2cc1O.[H-].[H-].[Mg+2]. The molecule has 0 saturated carbocycles. The van der Waals surface area contributed by atoms with Crippen molar-refractivity contribution in [2.75, 3.05) is 7.11 Å². The first-order chi connectivity index (χ1) is 7.22. The first kappa shape index (κ1) is 12.8. The van der Waals surface area contributed by atoms with Gasteiger partial charge in [-0.1, -0.05) is 24.3 Å². The minimum absolute atomic E-state index is 0. The Kier molecular flexibility index (Phi) is 4.15. The molecule has 0 radical (unpaired) electrons. The number of fused-ring (bicyclic) bond motifs is 1. The molecular weight excluding hydrogens is 216 g/mol. The second-order valence-corrected chi connectivity index (χ2v) is 3.21. The van der Waals surface area contributed by atoms with Gasteiger partial charge in [-0.05, 0) is 22.9 Å². The number of methoxy groups -OCH3 is 1. The number of aromatic hydroxyl groups is 1. The number of phenols is 1. The van der Waals surface area contributed by atoms with E-state index < -0.39 is 5.97 Å². The van der Waals surface area contributed by atoms with E-state index >= 15 is 0 Å². The van der Waals surface area contributed by atoms with Crippen molar-refractivity contribution in [2.24, 2.45) is 0 Å². The third-order valence-electron chi connectivity index (χ3n) is 2.27. The third kappa shape index (κ3) is 2.28. The predicted molar refractivity (Wildman–Crippen MR) is 64.9 cm³/mol. The molecule has 0 atom stereocenters. The molecule has 0 unspecified atom stereocenters. The van der Waals surface area contributed by atoms with Gasteiger partial charge in [-0.2, -0.15) is 0 Å². The van der Waals surface area contributed by atoms with Crippen LogP contribution in [0.1, 0.15) is 13.2 Å². The van der Waals surface area contributed by atoms with Crippen LogP contribution in [-0.4, -0.2) is 41.2 Å². The average Bonchev–Trinajstić information content (AvgIpc) is 2.27. The summed E-state index contributed by atoms with van der Waals surface area (Å²) in [5, 5.41) is 11.4. The van der Waals surface area contributed by atoms with E-state index in [0.717, 1.165) is 10.8 Å². The van der Waals surface area contributed by atoms with Crippen LogP contribution in [0.15, 0.2) is 36.4 Å². The summed E-state index contributed by atoms with van der Waals surface area (Å²) < 4.78 is 4.57. The Morgan fingerprint density at radius 2 is 1.81 bits per heavy atom. The van der Waals surface area contributed by atoms with Crippen LogP contribution in [0.4, 0.5) is 0 Å². The number of phenolic OH excluding ortho intramolecular Hbond substituents is 1. The number of hydrogen-bond donors (Lipinski definition) is 1. The van der Waals surface area contributed by atoms with Crippen molar-refractivity contribution in [1.29, 1.82) is 0 Å². The molecule has 0 spiro atoms. The number of rotatable bonds is 1. The maximum absolute atomic E-state index is 11.3. The normalized spacial score (nSPS) is 9.56. The van der Waals surface area contributed by atoms with E-state index in [0.29, 0.717) is 0 Å². The molecule has 2 aromatic rings. The number of ether oxygens (including phenoxy) is 1. The van der Waals surface area contributed by atoms with E-state index in [4.69, 9.17) is 0 Å². The van der Waals surface area contributed by atoms with Crippen molar-refractivity contribution in [2.45, 2.75) is 0 Å². The van der Waals surface area contributed by atoms with E-state index in [9.17, 15) is 9.90 Å². The molecule has 1 N–H and O–H groups in total. The van der Waals surface area contributed by atoms with Crippen molar-refractivity contribution in [3.8, 4) is 5.75 Å². The second-order valence-electron chi connectivity index (χ2n) is 3.21. The summed E-state index contributed by atoms with van der Waals surface area (Å²) in [5.74, 6) is -0.584. The molecule has 2 rings (SSSR count). The van der Waals surface area contributed by atoms with Gasteiger partial charge in [0, 0.05) is 0 Å². The molecule has 0 aliphatic rings. The summed E-state index contributed by atoms with van der Waals surface area (Å²) in [5.41, 5.74) is 0.191. The maximum Gasteiger partial charge on any atom is 2.00 e. The minimum atomic E-state index is -0.529. The van der Waals surface area contributed by atoms with Gasteiger partial charge in [-0.3, -0.25) is 0 Å². The Bertz CT molecular complexity index is 532. The molecule has 2 aromatic carbocycles. The fraction of sp³-hybridized carbons (Fsp3) is 0.0833. The predicted octanol–water partition coefficient (Wildman–Crippen LogP) is 2.18. The van der Waals surface area contributed by atoms with E-state index in [1.165, 1.54) is 7.11 Å². The van der Waals surface area contributed by atoms with Gasteiger partial charge in [0.05, 0.1) is 7.11 Å². The van der Waals surface area contributed by atoms with E-state index in [1.807, 2.05) is 24.3 Å². The van der Waals surface area contributed by atoms with Crippen LogP contribution in [0.5, 0.6) is 5.75 Å². The summed E-state index contributed by atoms with van der Waals surface area (Å²) in [6, 6.07) is 10.7. The second kappa shape index (κ2) is 5.18. The monoisotopic (exact) mass is 228 g/mol. The molecule has 0 aliphatic heterocycles. The molecule has 16 heavy (non-hydrogen) atoms. The van der Waals surface area contributed by atoms with Crippen LogP contribution in [0.2, 0.25) is 0 Å². The van der Waals surface area contributed by atoms with Gasteiger partial charge in [-0.15, -0.1) is 0 Å². The standard InChI is InChI=1S/C12H10O3.Mg.2H/c1-15-12(14)10-6-8-4-2-3-5-9(8)7-11(10)13;;;/h2-7,13H,1H3;;;/q;+2;2*-1. The van der Waals surface area contributed by atoms with Crippen molar-refractivity contribution in [1.82, 2.24) is 0 Å². The molecule has 0 saturated heterocycles. The zero-order valence-electron chi connectivity index (χ0n) is 10.9. The topological polar surface area (TPSA) is 46.5 Å². The Morgan fingerprint density at radius 3 is 2.38 bits per heavy atom. The van der Waals surface area contributed by atoms with Crippen molar-refractivity contribution >= 4 is 39.8 Å². The van der Waals surface area contributed by atoms with Gasteiger partial charge in [0.2, 0.25) is 0 Å². The largest absolute Gasteiger partial charge is 2.00 e. The maximum atomic E-state index is 11.3. The number of benzene rings is 2. The number of carbonyl (C=O) groups is 1. The first-order valence-corrected chi connectivity index (χ1v) is 4.52.